The van der Waals surface area contributed by atoms with Gasteiger partial charge in [0, 0.05) is 6.04 Å². The van der Waals surface area contributed by atoms with E-state index in [1.165, 1.54) is 12.1 Å². The predicted molar refractivity (Wildman–Crippen MR) is 49.9 cm³/mol. The molecule has 1 aromatic carbocycles. The maximum absolute atomic E-state index is 12.5. The lowest BCUT2D eigenvalue weighted by atomic mass is 10.0. The highest BCUT2D eigenvalue weighted by molar-refractivity contribution is 5.19. The van der Waals surface area contributed by atoms with Gasteiger partial charge in [0.15, 0.2) is 0 Å². The molecule has 2 atom stereocenters. The SMILES string of the molecule is CN[C@H](C)[C@@H](O)c1ccc(F)cc1. The molecule has 1 rings (SSSR count). The lowest BCUT2D eigenvalue weighted by Gasteiger charge is -2.18. The minimum absolute atomic E-state index is 0.0366. The molecule has 0 saturated carbocycles. The standard InChI is InChI=1S/C10H14FNO/c1-7(12-2)10(13)8-3-5-9(11)6-4-8/h3-7,10,12-13H,1-2H3/t7-,10-/m1/s1. The summed E-state index contributed by atoms with van der Waals surface area (Å²) < 4.78 is 12.5. The van der Waals surface area contributed by atoms with Crippen LogP contribution in [0.5, 0.6) is 0 Å². The summed E-state index contributed by atoms with van der Waals surface area (Å²) in [5.74, 6) is -0.284. The molecular weight excluding hydrogens is 169 g/mol. The Hall–Kier alpha value is -0.930. The number of rotatable bonds is 3. The molecule has 0 amide bonds. The monoisotopic (exact) mass is 183 g/mol. The van der Waals surface area contributed by atoms with Gasteiger partial charge in [-0.3, -0.25) is 0 Å². The molecule has 13 heavy (non-hydrogen) atoms. The minimum Gasteiger partial charge on any atom is -0.387 e. The van der Waals surface area contributed by atoms with Crippen molar-refractivity contribution < 1.29 is 9.50 Å². The number of benzene rings is 1. The van der Waals surface area contributed by atoms with Crippen molar-refractivity contribution in [2.45, 2.75) is 19.1 Å². The van der Waals surface area contributed by atoms with E-state index in [1.54, 1.807) is 19.2 Å². The molecular formula is C10H14FNO. The van der Waals surface area contributed by atoms with Crippen LogP contribution in [-0.4, -0.2) is 18.2 Å². The molecule has 0 bridgehead atoms. The summed E-state index contributed by atoms with van der Waals surface area (Å²) in [6.45, 7) is 1.87. The summed E-state index contributed by atoms with van der Waals surface area (Å²) >= 11 is 0. The van der Waals surface area contributed by atoms with Crippen LogP contribution in [0.2, 0.25) is 0 Å². The van der Waals surface area contributed by atoms with Gasteiger partial charge in [-0.15, -0.1) is 0 Å². The zero-order valence-electron chi connectivity index (χ0n) is 7.79. The topological polar surface area (TPSA) is 32.3 Å². The van der Waals surface area contributed by atoms with Crippen LogP contribution >= 0.6 is 0 Å². The van der Waals surface area contributed by atoms with Crippen LogP contribution in [0.4, 0.5) is 4.39 Å². The Balaban J connectivity index is 2.77. The lowest BCUT2D eigenvalue weighted by molar-refractivity contribution is 0.140. The molecule has 72 valence electrons. The summed E-state index contributed by atoms with van der Waals surface area (Å²) in [5, 5.41) is 12.6. The van der Waals surface area contributed by atoms with Gasteiger partial charge in [0.25, 0.3) is 0 Å². The van der Waals surface area contributed by atoms with Crippen molar-refractivity contribution in [2.24, 2.45) is 0 Å². The van der Waals surface area contributed by atoms with Gasteiger partial charge in [0.1, 0.15) is 5.82 Å². The Labute approximate surface area is 77.4 Å². The van der Waals surface area contributed by atoms with Crippen molar-refractivity contribution in [1.29, 1.82) is 0 Å². The average Bonchev–Trinajstić information content (AvgIpc) is 2.17. The predicted octanol–water partition coefficient (Wildman–Crippen LogP) is 1.47. The highest BCUT2D eigenvalue weighted by Crippen LogP contribution is 2.16. The summed E-state index contributed by atoms with van der Waals surface area (Å²) in [7, 11) is 1.78. The van der Waals surface area contributed by atoms with Gasteiger partial charge in [0.05, 0.1) is 6.10 Å². The Bertz CT molecular complexity index is 260. The molecule has 2 nitrogen and oxygen atoms in total. The van der Waals surface area contributed by atoms with E-state index in [9.17, 15) is 9.50 Å². The number of hydrogen-bond acceptors (Lipinski definition) is 2. The van der Waals surface area contributed by atoms with E-state index in [0.717, 1.165) is 5.56 Å². The number of aliphatic hydroxyl groups excluding tert-OH is 1. The second-order valence-corrected chi connectivity index (χ2v) is 3.07. The maximum Gasteiger partial charge on any atom is 0.123 e. The summed E-state index contributed by atoms with van der Waals surface area (Å²) in [6.07, 6.45) is -0.592. The Morgan fingerprint density at radius 1 is 1.31 bits per heavy atom. The fourth-order valence-electron chi connectivity index (χ4n) is 1.11. The maximum atomic E-state index is 12.5. The van der Waals surface area contributed by atoms with Crippen LogP contribution < -0.4 is 5.32 Å². The van der Waals surface area contributed by atoms with Crippen molar-refractivity contribution in [3.05, 3.63) is 35.6 Å². The molecule has 1 aromatic rings. The molecule has 0 spiro atoms. The smallest absolute Gasteiger partial charge is 0.123 e. The molecule has 0 saturated heterocycles. The van der Waals surface area contributed by atoms with E-state index in [4.69, 9.17) is 0 Å². The minimum atomic E-state index is -0.592. The molecule has 0 aromatic heterocycles. The van der Waals surface area contributed by atoms with Crippen LogP contribution in [0.3, 0.4) is 0 Å². The van der Waals surface area contributed by atoms with E-state index in [2.05, 4.69) is 5.32 Å². The van der Waals surface area contributed by atoms with Crippen LogP contribution in [0, 0.1) is 5.82 Å². The van der Waals surface area contributed by atoms with Gasteiger partial charge in [0.2, 0.25) is 0 Å². The third-order valence-corrected chi connectivity index (χ3v) is 2.14. The second-order valence-electron chi connectivity index (χ2n) is 3.07. The van der Waals surface area contributed by atoms with Gasteiger partial charge < -0.3 is 10.4 Å². The largest absolute Gasteiger partial charge is 0.387 e. The summed E-state index contributed by atoms with van der Waals surface area (Å²) in [4.78, 5) is 0. The van der Waals surface area contributed by atoms with Crippen molar-refractivity contribution in [2.75, 3.05) is 7.05 Å². The van der Waals surface area contributed by atoms with Gasteiger partial charge in [-0.2, -0.15) is 0 Å². The normalized spacial score (nSPS) is 15.4. The molecule has 0 radical (unpaired) electrons. The second kappa shape index (κ2) is 4.35. The van der Waals surface area contributed by atoms with Crippen molar-refractivity contribution in [1.82, 2.24) is 5.32 Å². The average molecular weight is 183 g/mol. The van der Waals surface area contributed by atoms with Gasteiger partial charge in [-0.1, -0.05) is 12.1 Å². The van der Waals surface area contributed by atoms with Crippen molar-refractivity contribution in [3.63, 3.8) is 0 Å². The summed E-state index contributed by atoms with van der Waals surface area (Å²) in [6, 6.07) is 5.84. The Morgan fingerprint density at radius 2 is 1.85 bits per heavy atom. The molecule has 0 aliphatic heterocycles. The number of hydrogen-bond donors (Lipinski definition) is 2. The van der Waals surface area contributed by atoms with E-state index in [-0.39, 0.29) is 11.9 Å². The van der Waals surface area contributed by atoms with E-state index in [1.807, 2.05) is 6.92 Å². The van der Waals surface area contributed by atoms with Crippen LogP contribution in [-0.2, 0) is 0 Å². The number of nitrogens with one attached hydrogen (secondary N) is 1. The first kappa shape index (κ1) is 10.2. The number of aliphatic hydroxyl groups is 1. The van der Waals surface area contributed by atoms with E-state index >= 15 is 0 Å². The Kier molecular flexibility index (Phi) is 3.39. The molecule has 0 heterocycles. The lowest BCUT2D eigenvalue weighted by Crippen LogP contribution is -2.28. The third kappa shape index (κ3) is 2.50. The highest BCUT2D eigenvalue weighted by atomic mass is 19.1. The highest BCUT2D eigenvalue weighted by Gasteiger charge is 2.13. The first-order valence-corrected chi connectivity index (χ1v) is 4.26. The van der Waals surface area contributed by atoms with E-state index in [0.29, 0.717) is 0 Å². The fraction of sp³-hybridized carbons (Fsp3) is 0.400. The van der Waals surface area contributed by atoms with Crippen molar-refractivity contribution in [3.8, 4) is 0 Å². The zero-order chi connectivity index (χ0) is 9.84. The molecule has 0 fully saturated rings. The van der Waals surface area contributed by atoms with Crippen LogP contribution in [0.1, 0.15) is 18.6 Å². The van der Waals surface area contributed by atoms with Crippen LogP contribution in [0.15, 0.2) is 24.3 Å². The summed E-state index contributed by atoms with van der Waals surface area (Å²) in [5.41, 5.74) is 0.725. The van der Waals surface area contributed by atoms with Gasteiger partial charge in [-0.25, -0.2) is 4.39 Å². The van der Waals surface area contributed by atoms with Crippen molar-refractivity contribution >= 4 is 0 Å². The molecule has 0 aliphatic rings. The first-order valence-electron chi connectivity index (χ1n) is 4.26. The molecule has 2 N–H and O–H groups in total. The number of halogens is 1. The molecule has 0 unspecified atom stereocenters. The number of likely N-dealkylation sites (N-methyl/N-ethyl adjacent to an activating group) is 1. The van der Waals surface area contributed by atoms with Gasteiger partial charge in [-0.05, 0) is 31.7 Å². The third-order valence-electron chi connectivity index (χ3n) is 2.14. The molecule has 3 heteroatoms. The van der Waals surface area contributed by atoms with Crippen LogP contribution in [0.25, 0.3) is 0 Å². The quantitative estimate of drug-likeness (QED) is 0.743. The first-order chi connectivity index (χ1) is 6.15. The molecule has 0 aliphatic carbocycles. The van der Waals surface area contributed by atoms with E-state index < -0.39 is 6.10 Å². The fourth-order valence-corrected chi connectivity index (χ4v) is 1.11. The van der Waals surface area contributed by atoms with Gasteiger partial charge >= 0.3 is 0 Å². The zero-order valence-corrected chi connectivity index (χ0v) is 7.79. The Morgan fingerprint density at radius 3 is 2.31 bits per heavy atom.